The summed E-state index contributed by atoms with van der Waals surface area (Å²) in [6, 6.07) is 14.6. The Balaban J connectivity index is 1.59. The molecule has 3 nitrogen and oxygen atoms in total. The van der Waals surface area contributed by atoms with Gasteiger partial charge in [-0.25, -0.2) is 4.39 Å². The van der Waals surface area contributed by atoms with Crippen LogP contribution in [0.2, 0.25) is 0 Å². The zero-order valence-electron chi connectivity index (χ0n) is 13.2. The molecule has 0 bridgehead atoms. The molecule has 0 saturated carbocycles. The van der Waals surface area contributed by atoms with Gasteiger partial charge >= 0.3 is 0 Å². The van der Waals surface area contributed by atoms with Gasteiger partial charge in [0, 0.05) is 13.5 Å². The van der Waals surface area contributed by atoms with Gasteiger partial charge in [0.2, 0.25) is 0 Å². The van der Waals surface area contributed by atoms with Crippen LogP contribution in [0.25, 0.3) is 0 Å². The summed E-state index contributed by atoms with van der Waals surface area (Å²) in [5, 5.41) is 0. The highest BCUT2D eigenvalue weighted by Crippen LogP contribution is 2.28. The highest BCUT2D eigenvalue weighted by molar-refractivity contribution is 5.34. The Morgan fingerprint density at radius 3 is 2.70 bits per heavy atom. The summed E-state index contributed by atoms with van der Waals surface area (Å²) in [5.41, 5.74) is 1.97. The van der Waals surface area contributed by atoms with Crippen LogP contribution in [0.5, 0.6) is 5.75 Å². The standard InChI is InChI=1S/C19H21FO3/c1-21-19-12-17(23-19)9-7-15-11-16(20)8-10-18(15)22-13-14-5-3-2-4-6-14/h2-6,8,10-11,17,19H,7,9,12-13H2,1H3. The summed E-state index contributed by atoms with van der Waals surface area (Å²) >= 11 is 0. The molecule has 1 heterocycles. The van der Waals surface area contributed by atoms with Crippen LogP contribution in [-0.4, -0.2) is 19.5 Å². The Labute approximate surface area is 136 Å². The molecule has 2 aromatic carbocycles. The average molecular weight is 316 g/mol. The number of hydrogen-bond donors (Lipinski definition) is 0. The van der Waals surface area contributed by atoms with Crippen LogP contribution in [0.3, 0.4) is 0 Å². The fourth-order valence-electron chi connectivity index (χ4n) is 2.69. The SMILES string of the molecule is COC1CC(CCc2cc(F)ccc2OCc2ccccc2)O1. The van der Waals surface area contributed by atoms with E-state index in [0.29, 0.717) is 6.61 Å². The molecule has 3 rings (SSSR count). The zero-order chi connectivity index (χ0) is 16.1. The monoisotopic (exact) mass is 316 g/mol. The van der Waals surface area contributed by atoms with Crippen LogP contribution in [0, 0.1) is 5.82 Å². The number of methoxy groups -OCH3 is 1. The minimum absolute atomic E-state index is 0.0821. The van der Waals surface area contributed by atoms with Gasteiger partial charge in [0.05, 0.1) is 6.10 Å². The summed E-state index contributed by atoms with van der Waals surface area (Å²) in [5.74, 6) is 0.495. The molecule has 1 saturated heterocycles. The minimum Gasteiger partial charge on any atom is -0.489 e. The molecule has 2 atom stereocenters. The molecular formula is C19H21FO3. The molecule has 1 aliphatic rings. The van der Waals surface area contributed by atoms with Crippen LogP contribution in [0.1, 0.15) is 24.0 Å². The van der Waals surface area contributed by atoms with Crippen molar-refractivity contribution >= 4 is 0 Å². The third-order valence-electron chi connectivity index (χ3n) is 4.06. The summed E-state index contributed by atoms with van der Waals surface area (Å²) in [7, 11) is 1.64. The van der Waals surface area contributed by atoms with Crippen molar-refractivity contribution in [3.05, 3.63) is 65.5 Å². The maximum Gasteiger partial charge on any atom is 0.160 e. The Kier molecular flexibility index (Phi) is 5.26. The first kappa shape index (κ1) is 16.0. The molecule has 0 aromatic heterocycles. The molecular weight excluding hydrogens is 295 g/mol. The fourth-order valence-corrected chi connectivity index (χ4v) is 2.69. The first-order chi connectivity index (χ1) is 11.2. The summed E-state index contributed by atoms with van der Waals surface area (Å²) in [6.07, 6.45) is 2.56. The highest BCUT2D eigenvalue weighted by atomic mass is 19.1. The number of benzene rings is 2. The van der Waals surface area contributed by atoms with Crippen LogP contribution in [0.15, 0.2) is 48.5 Å². The maximum absolute atomic E-state index is 13.5. The van der Waals surface area contributed by atoms with Crippen molar-refractivity contribution in [3.63, 3.8) is 0 Å². The van der Waals surface area contributed by atoms with Gasteiger partial charge in [-0.05, 0) is 42.2 Å². The molecule has 0 radical (unpaired) electrons. The number of aryl methyl sites for hydroxylation is 1. The smallest absolute Gasteiger partial charge is 0.160 e. The Morgan fingerprint density at radius 2 is 1.96 bits per heavy atom. The predicted molar refractivity (Wildman–Crippen MR) is 85.8 cm³/mol. The largest absolute Gasteiger partial charge is 0.489 e. The van der Waals surface area contributed by atoms with Gasteiger partial charge < -0.3 is 14.2 Å². The third kappa shape index (κ3) is 4.30. The van der Waals surface area contributed by atoms with E-state index in [2.05, 4.69) is 0 Å². The molecule has 2 aromatic rings. The minimum atomic E-state index is -0.239. The van der Waals surface area contributed by atoms with Crippen molar-refractivity contribution in [2.24, 2.45) is 0 Å². The molecule has 23 heavy (non-hydrogen) atoms. The van der Waals surface area contributed by atoms with E-state index in [1.165, 1.54) is 6.07 Å². The van der Waals surface area contributed by atoms with Gasteiger partial charge in [0.1, 0.15) is 18.2 Å². The van der Waals surface area contributed by atoms with Crippen molar-refractivity contribution in [2.75, 3.05) is 7.11 Å². The van der Waals surface area contributed by atoms with Gasteiger partial charge in [0.25, 0.3) is 0 Å². The molecule has 1 aliphatic heterocycles. The lowest BCUT2D eigenvalue weighted by molar-refractivity contribution is -0.246. The molecule has 122 valence electrons. The number of rotatable bonds is 7. The van der Waals surface area contributed by atoms with Crippen molar-refractivity contribution in [2.45, 2.75) is 38.3 Å². The summed E-state index contributed by atoms with van der Waals surface area (Å²) in [4.78, 5) is 0. The van der Waals surface area contributed by atoms with Crippen molar-refractivity contribution in [3.8, 4) is 5.75 Å². The van der Waals surface area contributed by atoms with E-state index in [4.69, 9.17) is 14.2 Å². The maximum atomic E-state index is 13.5. The number of halogens is 1. The van der Waals surface area contributed by atoms with Crippen LogP contribution >= 0.6 is 0 Å². The molecule has 0 amide bonds. The number of hydrogen-bond acceptors (Lipinski definition) is 3. The molecule has 0 spiro atoms. The van der Waals surface area contributed by atoms with E-state index >= 15 is 0 Å². The van der Waals surface area contributed by atoms with E-state index in [9.17, 15) is 4.39 Å². The van der Waals surface area contributed by atoms with E-state index < -0.39 is 0 Å². The van der Waals surface area contributed by atoms with E-state index in [0.717, 1.165) is 36.1 Å². The van der Waals surface area contributed by atoms with Gasteiger partial charge in [-0.3, -0.25) is 0 Å². The average Bonchev–Trinajstić information content (AvgIpc) is 2.54. The second-order valence-electron chi connectivity index (χ2n) is 5.72. The van der Waals surface area contributed by atoms with Gasteiger partial charge in [0.15, 0.2) is 6.29 Å². The Morgan fingerprint density at radius 1 is 1.17 bits per heavy atom. The van der Waals surface area contributed by atoms with Crippen molar-refractivity contribution in [1.82, 2.24) is 0 Å². The third-order valence-corrected chi connectivity index (χ3v) is 4.06. The van der Waals surface area contributed by atoms with Gasteiger partial charge in [-0.15, -0.1) is 0 Å². The van der Waals surface area contributed by atoms with Gasteiger partial charge in [-0.1, -0.05) is 30.3 Å². The fraction of sp³-hybridized carbons (Fsp3) is 0.368. The normalized spacial score (nSPS) is 20.1. The quantitative estimate of drug-likeness (QED) is 0.770. The summed E-state index contributed by atoms with van der Waals surface area (Å²) in [6.45, 7) is 0.477. The Hall–Kier alpha value is -1.91. The van der Waals surface area contributed by atoms with E-state index in [1.54, 1.807) is 19.2 Å². The second-order valence-corrected chi connectivity index (χ2v) is 5.72. The number of ether oxygens (including phenoxy) is 3. The summed E-state index contributed by atoms with van der Waals surface area (Å²) < 4.78 is 30.1. The van der Waals surface area contributed by atoms with Gasteiger partial charge in [-0.2, -0.15) is 0 Å². The zero-order valence-corrected chi connectivity index (χ0v) is 13.2. The van der Waals surface area contributed by atoms with Crippen LogP contribution in [0.4, 0.5) is 4.39 Å². The lowest BCUT2D eigenvalue weighted by Crippen LogP contribution is -2.38. The molecule has 1 fully saturated rings. The second kappa shape index (κ2) is 7.57. The molecule has 0 aliphatic carbocycles. The lowest BCUT2D eigenvalue weighted by atomic mass is 10.0. The van der Waals surface area contributed by atoms with Crippen LogP contribution < -0.4 is 4.74 Å². The lowest BCUT2D eigenvalue weighted by Gasteiger charge is -2.34. The Bertz CT molecular complexity index is 624. The van der Waals surface area contributed by atoms with Crippen molar-refractivity contribution in [1.29, 1.82) is 0 Å². The topological polar surface area (TPSA) is 27.7 Å². The van der Waals surface area contributed by atoms with E-state index in [1.807, 2.05) is 30.3 Å². The first-order valence-corrected chi connectivity index (χ1v) is 7.88. The molecule has 4 heteroatoms. The molecule has 0 N–H and O–H groups in total. The molecule has 2 unspecified atom stereocenters. The first-order valence-electron chi connectivity index (χ1n) is 7.88. The van der Waals surface area contributed by atoms with E-state index in [-0.39, 0.29) is 18.2 Å². The predicted octanol–water partition coefficient (Wildman–Crippen LogP) is 4.10. The highest BCUT2D eigenvalue weighted by Gasteiger charge is 2.29. The van der Waals surface area contributed by atoms with Crippen LogP contribution in [-0.2, 0) is 22.5 Å². The van der Waals surface area contributed by atoms with Crippen molar-refractivity contribution < 1.29 is 18.6 Å².